The predicted molar refractivity (Wildman–Crippen MR) is 96.9 cm³/mol. The third-order valence-electron chi connectivity index (χ3n) is 4.52. The summed E-state index contributed by atoms with van der Waals surface area (Å²) >= 11 is 0. The van der Waals surface area contributed by atoms with E-state index in [0.29, 0.717) is 43.5 Å². The molecule has 1 aliphatic rings. The van der Waals surface area contributed by atoms with Gasteiger partial charge in [-0.05, 0) is 43.4 Å². The Bertz CT molecular complexity index is 623. The molecule has 0 spiro atoms. The van der Waals surface area contributed by atoms with Gasteiger partial charge in [0.05, 0.1) is 6.61 Å². The predicted octanol–water partition coefficient (Wildman–Crippen LogP) is 4.38. The summed E-state index contributed by atoms with van der Waals surface area (Å²) < 4.78 is 60.1. The van der Waals surface area contributed by atoms with Crippen molar-refractivity contribution < 1.29 is 31.8 Å². The zero-order chi connectivity index (χ0) is 20.6. The molecule has 2 amide bonds. The molecule has 0 aliphatic carbocycles. The summed E-state index contributed by atoms with van der Waals surface area (Å²) in [6, 6.07) is 6.23. The van der Waals surface area contributed by atoms with Gasteiger partial charge in [0, 0.05) is 32.0 Å². The highest BCUT2D eigenvalue weighted by Crippen LogP contribution is 2.24. The maximum Gasteiger partial charge on any atom is 0.330 e. The molecular formula is C19H26F4N2O3. The lowest BCUT2D eigenvalue weighted by Gasteiger charge is -2.31. The van der Waals surface area contributed by atoms with Crippen molar-refractivity contribution in [3.8, 4) is 0 Å². The molecule has 0 atom stereocenters. The van der Waals surface area contributed by atoms with E-state index in [1.807, 2.05) is 6.92 Å². The number of alkyl halides is 4. The number of halogens is 4. The number of carbonyl (C=O) groups excluding carboxylic acids is 1. The molecule has 1 saturated heterocycles. The van der Waals surface area contributed by atoms with Gasteiger partial charge in [-0.1, -0.05) is 12.1 Å². The fourth-order valence-corrected chi connectivity index (χ4v) is 2.90. The largest absolute Gasteiger partial charge is 0.381 e. The highest BCUT2D eigenvalue weighted by molar-refractivity contribution is 5.89. The van der Waals surface area contributed by atoms with Gasteiger partial charge < -0.3 is 19.7 Å². The van der Waals surface area contributed by atoms with E-state index < -0.39 is 19.0 Å². The quantitative estimate of drug-likeness (QED) is 0.619. The number of benzene rings is 1. The molecule has 0 unspecified atom stereocenters. The maximum atomic E-state index is 12.9. The lowest BCUT2D eigenvalue weighted by molar-refractivity contribution is -0.168. The number of nitrogens with zero attached hydrogens (tertiary/aromatic N) is 1. The molecule has 1 heterocycles. The first-order valence-electron chi connectivity index (χ1n) is 9.28. The van der Waals surface area contributed by atoms with Crippen molar-refractivity contribution in [1.82, 2.24) is 4.90 Å². The average molecular weight is 406 g/mol. The first-order valence-corrected chi connectivity index (χ1v) is 9.28. The Labute approximate surface area is 162 Å². The highest BCUT2D eigenvalue weighted by Gasteiger charge is 2.40. The molecule has 0 bridgehead atoms. The second-order valence-electron chi connectivity index (χ2n) is 6.77. The Morgan fingerprint density at radius 1 is 1.29 bits per heavy atom. The van der Waals surface area contributed by atoms with Crippen LogP contribution >= 0.6 is 0 Å². The molecule has 1 aromatic rings. The van der Waals surface area contributed by atoms with E-state index >= 15 is 0 Å². The van der Waals surface area contributed by atoms with Crippen molar-refractivity contribution in [3.05, 3.63) is 29.8 Å². The van der Waals surface area contributed by atoms with Crippen molar-refractivity contribution >= 4 is 11.7 Å². The average Bonchev–Trinajstić information content (AvgIpc) is 2.67. The van der Waals surface area contributed by atoms with Crippen molar-refractivity contribution in [3.63, 3.8) is 0 Å². The Kier molecular flexibility index (Phi) is 8.50. The standard InChI is InChI=1S/C19H26F4N2O3/c1-2-27-11-14-6-8-25(9-7-14)18(26)24-16-5-3-4-15(10-16)12-28-13-19(22,23)17(20)21/h3-5,10,14,17H,2,6-9,11-13H2,1H3,(H,24,26). The van der Waals surface area contributed by atoms with Gasteiger partial charge in [0.2, 0.25) is 0 Å². The molecule has 0 aromatic heterocycles. The number of ether oxygens (including phenoxy) is 2. The Hall–Kier alpha value is -1.87. The second kappa shape index (κ2) is 10.6. The Morgan fingerprint density at radius 3 is 2.64 bits per heavy atom. The SMILES string of the molecule is CCOCC1CCN(C(=O)Nc2cccc(COCC(F)(F)C(F)F)c2)CC1. The van der Waals surface area contributed by atoms with Gasteiger partial charge in [-0.15, -0.1) is 0 Å². The number of hydrogen-bond acceptors (Lipinski definition) is 3. The number of hydrogen-bond donors (Lipinski definition) is 1. The van der Waals surface area contributed by atoms with E-state index in [1.165, 1.54) is 0 Å². The smallest absolute Gasteiger partial charge is 0.330 e. The lowest BCUT2D eigenvalue weighted by atomic mass is 9.98. The van der Waals surface area contributed by atoms with Crippen molar-refractivity contribution in [2.45, 2.75) is 38.7 Å². The Balaban J connectivity index is 1.80. The minimum absolute atomic E-state index is 0.239. The van der Waals surface area contributed by atoms with Gasteiger partial charge in [-0.2, -0.15) is 8.78 Å². The van der Waals surface area contributed by atoms with Crippen LogP contribution in [-0.2, 0) is 16.1 Å². The van der Waals surface area contributed by atoms with Crippen molar-refractivity contribution in [1.29, 1.82) is 0 Å². The zero-order valence-corrected chi connectivity index (χ0v) is 15.8. The van der Waals surface area contributed by atoms with E-state index in [4.69, 9.17) is 9.47 Å². The number of carbonyl (C=O) groups is 1. The summed E-state index contributed by atoms with van der Waals surface area (Å²) in [5.41, 5.74) is 0.987. The Morgan fingerprint density at radius 2 is 2.00 bits per heavy atom. The highest BCUT2D eigenvalue weighted by atomic mass is 19.3. The second-order valence-corrected chi connectivity index (χ2v) is 6.77. The van der Waals surface area contributed by atoms with Crippen LogP contribution in [-0.4, -0.2) is 56.2 Å². The van der Waals surface area contributed by atoms with E-state index in [9.17, 15) is 22.4 Å². The van der Waals surface area contributed by atoms with Crippen molar-refractivity contribution in [2.75, 3.05) is 38.2 Å². The van der Waals surface area contributed by atoms with E-state index in [-0.39, 0.29) is 12.6 Å². The molecule has 5 nitrogen and oxygen atoms in total. The molecule has 158 valence electrons. The minimum Gasteiger partial charge on any atom is -0.381 e. The van der Waals surface area contributed by atoms with E-state index in [0.717, 1.165) is 12.8 Å². The van der Waals surface area contributed by atoms with Crippen LogP contribution in [0.5, 0.6) is 0 Å². The third kappa shape index (κ3) is 6.94. The van der Waals surface area contributed by atoms with E-state index in [2.05, 4.69) is 5.32 Å². The molecule has 9 heteroatoms. The monoisotopic (exact) mass is 406 g/mol. The number of amides is 2. The van der Waals surface area contributed by atoms with Crippen LogP contribution in [0.1, 0.15) is 25.3 Å². The van der Waals surface area contributed by atoms with Gasteiger partial charge in [0.15, 0.2) is 0 Å². The summed E-state index contributed by atoms with van der Waals surface area (Å²) in [5, 5.41) is 2.77. The summed E-state index contributed by atoms with van der Waals surface area (Å²) in [7, 11) is 0. The topological polar surface area (TPSA) is 50.8 Å². The van der Waals surface area contributed by atoms with Crippen LogP contribution in [0.2, 0.25) is 0 Å². The fraction of sp³-hybridized carbons (Fsp3) is 0.632. The lowest BCUT2D eigenvalue weighted by Crippen LogP contribution is -2.41. The number of piperidine rings is 1. The van der Waals surface area contributed by atoms with Crippen LogP contribution in [0, 0.1) is 5.92 Å². The van der Waals surface area contributed by atoms with E-state index in [1.54, 1.807) is 29.2 Å². The van der Waals surface area contributed by atoms with Gasteiger partial charge in [0.25, 0.3) is 0 Å². The summed E-state index contributed by atoms with van der Waals surface area (Å²) in [6.45, 7) is 2.99. The third-order valence-corrected chi connectivity index (χ3v) is 4.52. The molecule has 0 saturated carbocycles. The number of anilines is 1. The van der Waals surface area contributed by atoms with Gasteiger partial charge in [0.1, 0.15) is 6.61 Å². The van der Waals surface area contributed by atoms with Crippen LogP contribution in [0.25, 0.3) is 0 Å². The summed E-state index contributed by atoms with van der Waals surface area (Å²) in [5.74, 6) is -3.73. The van der Waals surface area contributed by atoms with Crippen LogP contribution in [0.15, 0.2) is 24.3 Å². The first kappa shape index (κ1) is 22.4. The number of rotatable bonds is 9. The van der Waals surface area contributed by atoms with Crippen LogP contribution in [0.3, 0.4) is 0 Å². The van der Waals surface area contributed by atoms with Crippen LogP contribution in [0.4, 0.5) is 28.0 Å². The molecule has 1 aromatic carbocycles. The molecular weight excluding hydrogens is 380 g/mol. The van der Waals surface area contributed by atoms with Crippen molar-refractivity contribution in [2.24, 2.45) is 5.92 Å². The van der Waals surface area contributed by atoms with Gasteiger partial charge >= 0.3 is 18.4 Å². The molecule has 2 rings (SSSR count). The zero-order valence-electron chi connectivity index (χ0n) is 15.8. The fourth-order valence-electron chi connectivity index (χ4n) is 2.90. The van der Waals surface area contributed by atoms with Crippen LogP contribution < -0.4 is 5.32 Å². The van der Waals surface area contributed by atoms with Gasteiger partial charge in [-0.3, -0.25) is 0 Å². The number of urea groups is 1. The number of nitrogens with one attached hydrogen (secondary N) is 1. The maximum absolute atomic E-state index is 12.9. The molecule has 28 heavy (non-hydrogen) atoms. The molecule has 1 fully saturated rings. The molecule has 1 aliphatic heterocycles. The summed E-state index contributed by atoms with van der Waals surface area (Å²) in [4.78, 5) is 14.1. The molecule has 1 N–H and O–H groups in total. The molecule has 0 radical (unpaired) electrons. The summed E-state index contributed by atoms with van der Waals surface area (Å²) in [6.07, 6.45) is -2.02. The normalized spacial score (nSPS) is 15.9. The minimum atomic E-state index is -4.18. The number of likely N-dealkylation sites (tertiary alicyclic amines) is 1. The van der Waals surface area contributed by atoms with Gasteiger partial charge in [-0.25, -0.2) is 13.6 Å². The first-order chi connectivity index (χ1) is 13.3.